The van der Waals surface area contributed by atoms with Crippen molar-refractivity contribution in [2.45, 2.75) is 53.2 Å². The van der Waals surface area contributed by atoms with E-state index in [1.807, 2.05) is 25.3 Å². The smallest absolute Gasteiger partial charge is 0.328 e. The van der Waals surface area contributed by atoms with Crippen LogP contribution in [0.4, 0.5) is 0 Å². The first kappa shape index (κ1) is 15.5. The third-order valence-corrected chi connectivity index (χ3v) is 3.87. The molecule has 1 unspecified atom stereocenters. The normalized spacial score (nSPS) is 13.0. The molecule has 0 saturated heterocycles. The van der Waals surface area contributed by atoms with E-state index in [1.165, 1.54) is 4.57 Å². The zero-order chi connectivity index (χ0) is 15.7. The van der Waals surface area contributed by atoms with Crippen molar-refractivity contribution < 1.29 is 0 Å². The Hall–Kier alpha value is -1.89. The minimum Gasteiger partial charge on any atom is -0.328 e. The summed E-state index contributed by atoms with van der Waals surface area (Å²) >= 11 is 0. The molecule has 0 spiro atoms. The van der Waals surface area contributed by atoms with Gasteiger partial charge in [-0.05, 0) is 20.8 Å². The minimum atomic E-state index is -0.337. The van der Waals surface area contributed by atoms with Gasteiger partial charge in [-0.15, -0.1) is 0 Å². The fourth-order valence-corrected chi connectivity index (χ4v) is 2.70. The van der Waals surface area contributed by atoms with Gasteiger partial charge in [0.15, 0.2) is 11.2 Å². The molecule has 0 aliphatic carbocycles. The van der Waals surface area contributed by atoms with Crippen molar-refractivity contribution in [2.75, 3.05) is 6.54 Å². The lowest BCUT2D eigenvalue weighted by atomic mass is 10.3. The highest BCUT2D eigenvalue weighted by molar-refractivity contribution is 5.71. The molecule has 2 rings (SSSR count). The number of imidazole rings is 1. The highest BCUT2D eigenvalue weighted by Crippen LogP contribution is 2.13. The van der Waals surface area contributed by atoms with Gasteiger partial charge in [0, 0.05) is 26.1 Å². The molecular weight excluding hydrogens is 270 g/mol. The van der Waals surface area contributed by atoms with E-state index >= 15 is 0 Å². The SMILES string of the molecule is CCc1nc2c(c(=O)n(C(C)CN)c(=O)n2CC)n1CC. The lowest BCUT2D eigenvalue weighted by Crippen LogP contribution is -2.43. The van der Waals surface area contributed by atoms with E-state index in [-0.39, 0.29) is 23.8 Å². The molecule has 0 amide bonds. The van der Waals surface area contributed by atoms with Gasteiger partial charge in [-0.25, -0.2) is 9.78 Å². The highest BCUT2D eigenvalue weighted by atomic mass is 16.2. The molecule has 2 N–H and O–H groups in total. The van der Waals surface area contributed by atoms with Crippen molar-refractivity contribution in [1.82, 2.24) is 18.7 Å². The van der Waals surface area contributed by atoms with Crippen molar-refractivity contribution in [3.63, 3.8) is 0 Å². The maximum Gasteiger partial charge on any atom is 0.333 e. The molecule has 116 valence electrons. The number of aromatic nitrogens is 4. The minimum absolute atomic E-state index is 0.241. The molecule has 2 aromatic heterocycles. The molecule has 0 fully saturated rings. The standard InChI is InChI=1S/C14H23N5O2/c1-5-10-16-12-11(17(10)6-2)13(20)19(9(4)8-15)14(21)18(12)7-3/h9H,5-8,15H2,1-4H3. The van der Waals surface area contributed by atoms with Crippen molar-refractivity contribution >= 4 is 11.2 Å². The van der Waals surface area contributed by atoms with E-state index < -0.39 is 0 Å². The van der Waals surface area contributed by atoms with Crippen molar-refractivity contribution in [2.24, 2.45) is 5.73 Å². The van der Waals surface area contributed by atoms with Crippen LogP contribution in [-0.2, 0) is 19.5 Å². The van der Waals surface area contributed by atoms with Crippen LogP contribution >= 0.6 is 0 Å². The Morgan fingerprint density at radius 1 is 1.14 bits per heavy atom. The van der Waals surface area contributed by atoms with Gasteiger partial charge in [0.05, 0.1) is 6.04 Å². The van der Waals surface area contributed by atoms with Gasteiger partial charge < -0.3 is 10.3 Å². The number of hydrogen-bond acceptors (Lipinski definition) is 4. The lowest BCUT2D eigenvalue weighted by Gasteiger charge is -2.15. The molecule has 7 heteroatoms. The summed E-state index contributed by atoms with van der Waals surface area (Å²) in [5.41, 5.74) is 5.99. The molecule has 0 aliphatic rings. The van der Waals surface area contributed by atoms with Gasteiger partial charge >= 0.3 is 5.69 Å². The first-order valence-electron chi connectivity index (χ1n) is 7.46. The number of fused-ring (bicyclic) bond motifs is 1. The van der Waals surface area contributed by atoms with Crippen LogP contribution in [0.25, 0.3) is 11.2 Å². The van der Waals surface area contributed by atoms with Crippen LogP contribution in [0.2, 0.25) is 0 Å². The first-order valence-corrected chi connectivity index (χ1v) is 7.46. The van der Waals surface area contributed by atoms with Crippen molar-refractivity contribution in [1.29, 1.82) is 0 Å². The third kappa shape index (κ3) is 2.21. The topological polar surface area (TPSA) is 87.8 Å². The molecule has 1 atom stereocenters. The number of aryl methyl sites for hydroxylation is 3. The maximum absolute atomic E-state index is 12.8. The van der Waals surface area contributed by atoms with Gasteiger partial charge in [0.25, 0.3) is 5.56 Å². The molecule has 0 saturated carbocycles. The highest BCUT2D eigenvalue weighted by Gasteiger charge is 2.21. The molecule has 0 bridgehead atoms. The summed E-state index contributed by atoms with van der Waals surface area (Å²) in [6.07, 6.45) is 0.715. The predicted molar refractivity (Wildman–Crippen MR) is 82.7 cm³/mol. The summed E-state index contributed by atoms with van der Waals surface area (Å²) in [4.78, 5) is 29.8. The zero-order valence-corrected chi connectivity index (χ0v) is 13.1. The Morgan fingerprint density at radius 2 is 1.76 bits per heavy atom. The summed E-state index contributed by atoms with van der Waals surface area (Å²) in [6.45, 7) is 8.97. The maximum atomic E-state index is 12.8. The molecule has 7 nitrogen and oxygen atoms in total. The Labute approximate surface area is 123 Å². The van der Waals surface area contributed by atoms with E-state index in [4.69, 9.17) is 5.73 Å². The second kappa shape index (κ2) is 5.85. The number of hydrogen-bond donors (Lipinski definition) is 1. The zero-order valence-electron chi connectivity index (χ0n) is 13.1. The first-order chi connectivity index (χ1) is 10.0. The van der Waals surface area contributed by atoms with Gasteiger partial charge in [-0.2, -0.15) is 0 Å². The van der Waals surface area contributed by atoms with Crippen LogP contribution in [0, 0.1) is 0 Å². The van der Waals surface area contributed by atoms with Gasteiger partial charge in [0.1, 0.15) is 5.82 Å². The Morgan fingerprint density at radius 3 is 2.24 bits per heavy atom. The van der Waals surface area contributed by atoms with Gasteiger partial charge in [0.2, 0.25) is 0 Å². The summed E-state index contributed by atoms with van der Waals surface area (Å²) < 4.78 is 4.69. The monoisotopic (exact) mass is 293 g/mol. The van der Waals surface area contributed by atoms with E-state index in [9.17, 15) is 9.59 Å². The van der Waals surface area contributed by atoms with Crippen LogP contribution in [-0.4, -0.2) is 25.2 Å². The fourth-order valence-electron chi connectivity index (χ4n) is 2.70. The average Bonchev–Trinajstić information content (AvgIpc) is 2.86. The average molecular weight is 293 g/mol. The molecular formula is C14H23N5O2. The predicted octanol–water partition coefficient (Wildman–Crippen LogP) is 0.482. The van der Waals surface area contributed by atoms with E-state index in [0.717, 1.165) is 5.82 Å². The number of rotatable bonds is 5. The number of nitrogens with two attached hydrogens (primary N) is 1. The Balaban J connectivity index is 3.03. The summed E-state index contributed by atoms with van der Waals surface area (Å²) in [6, 6.07) is -0.336. The van der Waals surface area contributed by atoms with Crippen molar-refractivity contribution in [3.8, 4) is 0 Å². The van der Waals surface area contributed by atoms with E-state index in [0.29, 0.717) is 30.7 Å². The van der Waals surface area contributed by atoms with Gasteiger partial charge in [-0.1, -0.05) is 6.92 Å². The van der Waals surface area contributed by atoms with Crippen LogP contribution in [0.5, 0.6) is 0 Å². The Kier molecular flexibility index (Phi) is 4.32. The fraction of sp³-hybridized carbons (Fsp3) is 0.643. The molecule has 0 aromatic carbocycles. The summed E-state index contributed by atoms with van der Waals surface area (Å²) in [7, 11) is 0. The van der Waals surface area contributed by atoms with Crippen LogP contribution in [0.15, 0.2) is 9.59 Å². The van der Waals surface area contributed by atoms with E-state index in [1.54, 1.807) is 11.5 Å². The summed E-state index contributed by atoms with van der Waals surface area (Å²) in [5.74, 6) is 0.823. The largest absolute Gasteiger partial charge is 0.333 e. The second-order valence-electron chi connectivity index (χ2n) is 5.08. The van der Waals surface area contributed by atoms with Gasteiger partial charge in [-0.3, -0.25) is 13.9 Å². The molecule has 2 heterocycles. The second-order valence-corrected chi connectivity index (χ2v) is 5.08. The van der Waals surface area contributed by atoms with Crippen LogP contribution < -0.4 is 17.0 Å². The van der Waals surface area contributed by atoms with Crippen molar-refractivity contribution in [3.05, 3.63) is 26.7 Å². The quantitative estimate of drug-likeness (QED) is 0.868. The van der Waals surface area contributed by atoms with E-state index in [2.05, 4.69) is 4.98 Å². The molecule has 0 aliphatic heterocycles. The summed E-state index contributed by atoms with van der Waals surface area (Å²) in [5, 5.41) is 0. The van der Waals surface area contributed by atoms with Crippen LogP contribution in [0.3, 0.4) is 0 Å². The molecule has 21 heavy (non-hydrogen) atoms. The molecule has 0 radical (unpaired) electrons. The third-order valence-electron chi connectivity index (χ3n) is 3.87. The molecule has 2 aromatic rings. The van der Waals surface area contributed by atoms with Crippen LogP contribution in [0.1, 0.15) is 39.6 Å². The number of nitrogens with zero attached hydrogens (tertiary/aromatic N) is 4. The lowest BCUT2D eigenvalue weighted by molar-refractivity contribution is 0.491. The Bertz CT molecular complexity index is 768.